The maximum Gasteiger partial charge on any atom is 0.160 e. The molecule has 0 aliphatic rings. The van der Waals surface area contributed by atoms with Crippen molar-refractivity contribution in [3.63, 3.8) is 0 Å². The molecule has 0 heterocycles. The van der Waals surface area contributed by atoms with Crippen molar-refractivity contribution in [2.75, 3.05) is 0 Å². The number of aldehydes is 1. The van der Waals surface area contributed by atoms with E-state index in [0.29, 0.717) is 27.8 Å². The van der Waals surface area contributed by atoms with Crippen LogP contribution in [0, 0.1) is 11.3 Å². The van der Waals surface area contributed by atoms with Gasteiger partial charge in [0.1, 0.15) is 17.2 Å². The van der Waals surface area contributed by atoms with E-state index in [-0.39, 0.29) is 0 Å². The standard InChI is InChI=1S/C16H12ClNO3/c1-11(10-19)20-13-3-5-14(6-4-13)21-16-7-2-12(9-18)8-15(16)17/h2-8,10-11H,1H3. The Morgan fingerprint density at radius 3 is 2.43 bits per heavy atom. The molecule has 2 aromatic rings. The van der Waals surface area contributed by atoms with Crippen LogP contribution in [0.25, 0.3) is 0 Å². The molecule has 106 valence electrons. The number of ether oxygens (including phenoxy) is 2. The van der Waals surface area contributed by atoms with E-state index in [1.54, 1.807) is 49.4 Å². The summed E-state index contributed by atoms with van der Waals surface area (Å²) in [5.74, 6) is 1.62. The summed E-state index contributed by atoms with van der Waals surface area (Å²) in [5.41, 5.74) is 0.471. The third-order valence-corrected chi connectivity index (χ3v) is 2.92. The Morgan fingerprint density at radius 1 is 1.19 bits per heavy atom. The molecule has 0 radical (unpaired) electrons. The van der Waals surface area contributed by atoms with E-state index in [1.165, 1.54) is 0 Å². The minimum absolute atomic E-state index is 0.365. The second kappa shape index (κ2) is 6.78. The minimum atomic E-state index is -0.496. The van der Waals surface area contributed by atoms with Crippen molar-refractivity contribution in [2.24, 2.45) is 0 Å². The largest absolute Gasteiger partial charge is 0.483 e. The van der Waals surface area contributed by atoms with Crippen LogP contribution in [0.2, 0.25) is 5.02 Å². The highest BCUT2D eigenvalue weighted by atomic mass is 35.5. The molecule has 5 heteroatoms. The second-order valence-electron chi connectivity index (χ2n) is 4.29. The number of carbonyl (C=O) groups is 1. The molecule has 2 rings (SSSR count). The van der Waals surface area contributed by atoms with Gasteiger partial charge in [0.15, 0.2) is 12.4 Å². The van der Waals surface area contributed by atoms with Gasteiger partial charge in [-0.05, 0) is 49.4 Å². The van der Waals surface area contributed by atoms with Gasteiger partial charge >= 0.3 is 0 Å². The number of rotatable bonds is 5. The zero-order valence-electron chi connectivity index (χ0n) is 11.2. The quantitative estimate of drug-likeness (QED) is 0.784. The summed E-state index contributed by atoms with van der Waals surface area (Å²) in [4.78, 5) is 10.5. The second-order valence-corrected chi connectivity index (χ2v) is 4.70. The number of nitriles is 1. The van der Waals surface area contributed by atoms with E-state index < -0.39 is 6.10 Å². The Morgan fingerprint density at radius 2 is 1.86 bits per heavy atom. The number of carbonyl (C=O) groups excluding carboxylic acids is 1. The molecular formula is C16H12ClNO3. The van der Waals surface area contributed by atoms with Gasteiger partial charge in [-0.2, -0.15) is 5.26 Å². The maximum atomic E-state index is 10.5. The van der Waals surface area contributed by atoms with Crippen LogP contribution in [-0.4, -0.2) is 12.4 Å². The Bertz CT molecular complexity index is 677. The number of hydrogen-bond acceptors (Lipinski definition) is 4. The number of hydrogen-bond donors (Lipinski definition) is 0. The molecule has 1 atom stereocenters. The third-order valence-electron chi connectivity index (χ3n) is 2.63. The Balaban J connectivity index is 2.10. The van der Waals surface area contributed by atoms with Crippen molar-refractivity contribution in [1.82, 2.24) is 0 Å². The lowest BCUT2D eigenvalue weighted by Gasteiger charge is -2.10. The van der Waals surface area contributed by atoms with Gasteiger partial charge in [0, 0.05) is 0 Å². The fourth-order valence-electron chi connectivity index (χ4n) is 1.61. The molecule has 2 aromatic carbocycles. The van der Waals surface area contributed by atoms with Crippen molar-refractivity contribution in [1.29, 1.82) is 5.26 Å². The fraction of sp³-hybridized carbons (Fsp3) is 0.125. The van der Waals surface area contributed by atoms with Crippen LogP contribution in [-0.2, 0) is 4.79 Å². The Kier molecular flexibility index (Phi) is 4.81. The maximum absolute atomic E-state index is 10.5. The molecule has 0 fully saturated rings. The molecule has 21 heavy (non-hydrogen) atoms. The fourth-order valence-corrected chi connectivity index (χ4v) is 1.83. The van der Waals surface area contributed by atoms with Crippen molar-refractivity contribution < 1.29 is 14.3 Å². The normalized spacial score (nSPS) is 11.3. The van der Waals surface area contributed by atoms with Gasteiger partial charge in [0.2, 0.25) is 0 Å². The average molecular weight is 302 g/mol. The molecule has 0 saturated carbocycles. The lowest BCUT2D eigenvalue weighted by molar-refractivity contribution is -0.113. The lowest BCUT2D eigenvalue weighted by atomic mass is 10.2. The number of halogens is 1. The highest BCUT2D eigenvalue weighted by Crippen LogP contribution is 2.30. The van der Waals surface area contributed by atoms with Crippen LogP contribution in [0.4, 0.5) is 0 Å². The molecular weight excluding hydrogens is 290 g/mol. The van der Waals surface area contributed by atoms with Crippen LogP contribution in [0.3, 0.4) is 0 Å². The molecule has 0 aliphatic heterocycles. The highest BCUT2D eigenvalue weighted by molar-refractivity contribution is 6.32. The van der Waals surface area contributed by atoms with Gasteiger partial charge in [-0.1, -0.05) is 11.6 Å². The molecule has 0 spiro atoms. The van der Waals surface area contributed by atoms with E-state index in [4.69, 9.17) is 26.3 Å². The van der Waals surface area contributed by atoms with E-state index >= 15 is 0 Å². The summed E-state index contributed by atoms with van der Waals surface area (Å²) < 4.78 is 11.0. The van der Waals surface area contributed by atoms with Gasteiger partial charge in [-0.15, -0.1) is 0 Å². The van der Waals surface area contributed by atoms with Crippen molar-refractivity contribution in [2.45, 2.75) is 13.0 Å². The smallest absolute Gasteiger partial charge is 0.160 e. The summed E-state index contributed by atoms with van der Waals surface area (Å²) in [6.07, 6.45) is 0.228. The zero-order chi connectivity index (χ0) is 15.2. The molecule has 0 amide bonds. The summed E-state index contributed by atoms with van der Waals surface area (Å²) in [6, 6.07) is 13.6. The van der Waals surface area contributed by atoms with E-state index in [1.807, 2.05) is 6.07 Å². The monoisotopic (exact) mass is 301 g/mol. The van der Waals surface area contributed by atoms with Crippen molar-refractivity contribution in [3.05, 3.63) is 53.1 Å². The van der Waals surface area contributed by atoms with Gasteiger partial charge < -0.3 is 9.47 Å². The summed E-state index contributed by atoms with van der Waals surface area (Å²) in [7, 11) is 0. The first-order valence-electron chi connectivity index (χ1n) is 6.22. The molecule has 1 unspecified atom stereocenters. The average Bonchev–Trinajstić information content (AvgIpc) is 2.51. The number of benzene rings is 2. The van der Waals surface area contributed by atoms with E-state index in [9.17, 15) is 4.79 Å². The third kappa shape index (κ3) is 3.98. The van der Waals surface area contributed by atoms with Crippen LogP contribution in [0.1, 0.15) is 12.5 Å². The van der Waals surface area contributed by atoms with Crippen LogP contribution in [0.15, 0.2) is 42.5 Å². The van der Waals surface area contributed by atoms with Gasteiger partial charge in [0.25, 0.3) is 0 Å². The van der Waals surface area contributed by atoms with Crippen molar-refractivity contribution >= 4 is 17.9 Å². The summed E-state index contributed by atoms with van der Waals surface area (Å²) in [5, 5.41) is 9.14. The minimum Gasteiger partial charge on any atom is -0.483 e. The SMILES string of the molecule is CC(C=O)Oc1ccc(Oc2ccc(C#N)cc2Cl)cc1. The molecule has 4 nitrogen and oxygen atoms in total. The molecule has 0 aromatic heterocycles. The molecule has 0 bridgehead atoms. The topological polar surface area (TPSA) is 59.3 Å². The predicted octanol–water partition coefficient (Wildman–Crippen LogP) is 3.97. The summed E-state index contributed by atoms with van der Waals surface area (Å²) in [6.45, 7) is 1.66. The van der Waals surface area contributed by atoms with Crippen LogP contribution >= 0.6 is 11.6 Å². The first-order chi connectivity index (χ1) is 10.1. The van der Waals surface area contributed by atoms with E-state index in [0.717, 1.165) is 6.29 Å². The van der Waals surface area contributed by atoms with E-state index in [2.05, 4.69) is 0 Å². The number of nitrogens with zero attached hydrogens (tertiary/aromatic N) is 1. The highest BCUT2D eigenvalue weighted by Gasteiger charge is 2.06. The summed E-state index contributed by atoms with van der Waals surface area (Å²) >= 11 is 6.04. The van der Waals surface area contributed by atoms with Gasteiger partial charge in [-0.3, -0.25) is 4.79 Å². The van der Waals surface area contributed by atoms with Gasteiger partial charge in [0.05, 0.1) is 16.7 Å². The Labute approximate surface area is 127 Å². The lowest BCUT2D eigenvalue weighted by Crippen LogP contribution is -2.12. The first-order valence-corrected chi connectivity index (χ1v) is 6.59. The van der Waals surface area contributed by atoms with Crippen LogP contribution in [0.5, 0.6) is 17.2 Å². The molecule has 0 N–H and O–H groups in total. The predicted molar refractivity (Wildman–Crippen MR) is 78.8 cm³/mol. The van der Waals surface area contributed by atoms with Crippen LogP contribution < -0.4 is 9.47 Å². The van der Waals surface area contributed by atoms with Gasteiger partial charge in [-0.25, -0.2) is 0 Å². The van der Waals surface area contributed by atoms with Crippen molar-refractivity contribution in [3.8, 4) is 23.3 Å². The molecule has 0 saturated heterocycles. The first kappa shape index (κ1) is 14.9. The molecule has 0 aliphatic carbocycles. The Hall–Kier alpha value is -2.51. The zero-order valence-corrected chi connectivity index (χ0v) is 12.0.